The molecule has 0 radical (unpaired) electrons. The Morgan fingerprint density at radius 3 is 2.60 bits per heavy atom. The standard InChI is InChI=1S/C16H26N2O2/c1-11(2)7-5-8-12(3)18-14-10-6-9-13(15(14)17)16(19)20-4/h6,9-12,18H,5,7-8,17H2,1-4H3. The molecule has 0 saturated heterocycles. The van der Waals surface area contributed by atoms with Crippen LogP contribution in [0.2, 0.25) is 0 Å². The SMILES string of the molecule is COC(=O)c1cccc(NC(C)CCCC(C)C)c1N. The van der Waals surface area contributed by atoms with Crippen LogP contribution in [0.25, 0.3) is 0 Å². The zero-order valence-electron chi connectivity index (χ0n) is 12.9. The summed E-state index contributed by atoms with van der Waals surface area (Å²) in [6.45, 7) is 6.59. The average molecular weight is 278 g/mol. The van der Waals surface area contributed by atoms with Crippen LogP contribution < -0.4 is 11.1 Å². The van der Waals surface area contributed by atoms with E-state index in [1.54, 1.807) is 6.07 Å². The lowest BCUT2D eigenvalue weighted by Gasteiger charge is -2.18. The highest BCUT2D eigenvalue weighted by molar-refractivity contribution is 5.98. The predicted octanol–water partition coefficient (Wildman–Crippen LogP) is 3.68. The molecule has 1 rings (SSSR count). The van der Waals surface area contributed by atoms with Crippen LogP contribution in [0.4, 0.5) is 11.4 Å². The Hall–Kier alpha value is -1.71. The number of nitrogen functional groups attached to an aromatic ring is 1. The number of hydrogen-bond acceptors (Lipinski definition) is 4. The number of anilines is 2. The van der Waals surface area contributed by atoms with E-state index in [1.807, 2.05) is 12.1 Å². The number of benzene rings is 1. The fourth-order valence-electron chi connectivity index (χ4n) is 2.15. The van der Waals surface area contributed by atoms with Gasteiger partial charge >= 0.3 is 5.97 Å². The molecule has 3 N–H and O–H groups in total. The highest BCUT2D eigenvalue weighted by Gasteiger charge is 2.13. The highest BCUT2D eigenvalue weighted by atomic mass is 16.5. The second-order valence-corrected chi connectivity index (χ2v) is 5.63. The lowest BCUT2D eigenvalue weighted by atomic mass is 10.0. The summed E-state index contributed by atoms with van der Waals surface area (Å²) in [6, 6.07) is 5.70. The second-order valence-electron chi connectivity index (χ2n) is 5.63. The normalized spacial score (nSPS) is 12.2. The number of carbonyl (C=O) groups is 1. The Bertz CT molecular complexity index is 444. The van der Waals surface area contributed by atoms with Crippen molar-refractivity contribution < 1.29 is 9.53 Å². The molecule has 0 aliphatic heterocycles. The Labute approximate surface area is 121 Å². The molecular formula is C16H26N2O2. The van der Waals surface area contributed by atoms with E-state index in [4.69, 9.17) is 10.5 Å². The average Bonchev–Trinajstić information content (AvgIpc) is 2.40. The molecule has 4 nitrogen and oxygen atoms in total. The second kappa shape index (κ2) is 7.78. The summed E-state index contributed by atoms with van der Waals surface area (Å²) in [5.74, 6) is 0.327. The minimum absolute atomic E-state index is 0.323. The number of para-hydroxylation sites is 1. The molecule has 0 heterocycles. The maximum atomic E-state index is 11.6. The summed E-state index contributed by atoms with van der Waals surface area (Å²) in [4.78, 5) is 11.6. The summed E-state index contributed by atoms with van der Waals surface area (Å²) in [5, 5.41) is 3.37. The van der Waals surface area contributed by atoms with E-state index in [9.17, 15) is 4.79 Å². The van der Waals surface area contributed by atoms with Crippen LogP contribution in [0.1, 0.15) is 50.4 Å². The van der Waals surface area contributed by atoms with Gasteiger partial charge in [-0.3, -0.25) is 0 Å². The molecule has 0 aliphatic carbocycles. The molecule has 1 aromatic rings. The summed E-state index contributed by atoms with van der Waals surface area (Å²) in [5.41, 5.74) is 7.68. The van der Waals surface area contributed by atoms with Crippen molar-refractivity contribution in [3.8, 4) is 0 Å². The lowest BCUT2D eigenvalue weighted by molar-refractivity contribution is 0.0602. The van der Waals surface area contributed by atoms with Crippen molar-refractivity contribution in [1.82, 2.24) is 0 Å². The van der Waals surface area contributed by atoms with E-state index >= 15 is 0 Å². The molecular weight excluding hydrogens is 252 g/mol. The summed E-state index contributed by atoms with van der Waals surface area (Å²) in [7, 11) is 1.36. The first-order chi connectivity index (χ1) is 9.45. The van der Waals surface area contributed by atoms with E-state index in [0.29, 0.717) is 17.3 Å². The molecule has 112 valence electrons. The largest absolute Gasteiger partial charge is 0.465 e. The van der Waals surface area contributed by atoms with Gasteiger partial charge in [0.25, 0.3) is 0 Å². The van der Waals surface area contributed by atoms with Gasteiger partial charge in [0.15, 0.2) is 0 Å². The van der Waals surface area contributed by atoms with Gasteiger partial charge in [-0.2, -0.15) is 0 Å². The molecule has 1 aromatic carbocycles. The van der Waals surface area contributed by atoms with Crippen molar-refractivity contribution in [3.05, 3.63) is 23.8 Å². The van der Waals surface area contributed by atoms with Crippen molar-refractivity contribution in [2.24, 2.45) is 5.92 Å². The monoisotopic (exact) mass is 278 g/mol. The number of esters is 1. The number of nitrogens with two attached hydrogens (primary N) is 1. The Morgan fingerprint density at radius 2 is 2.00 bits per heavy atom. The van der Waals surface area contributed by atoms with Crippen LogP contribution in [0.3, 0.4) is 0 Å². The first-order valence-corrected chi connectivity index (χ1v) is 7.19. The molecule has 0 amide bonds. The summed E-state index contributed by atoms with van der Waals surface area (Å²) in [6.07, 6.45) is 3.49. The zero-order valence-corrected chi connectivity index (χ0v) is 12.9. The van der Waals surface area contributed by atoms with Gasteiger partial charge in [0.2, 0.25) is 0 Å². The maximum Gasteiger partial charge on any atom is 0.340 e. The Morgan fingerprint density at radius 1 is 1.30 bits per heavy atom. The maximum absolute atomic E-state index is 11.6. The number of methoxy groups -OCH3 is 1. The molecule has 0 bridgehead atoms. The first kappa shape index (κ1) is 16.3. The molecule has 0 aliphatic rings. The first-order valence-electron chi connectivity index (χ1n) is 7.19. The smallest absolute Gasteiger partial charge is 0.340 e. The summed E-state index contributed by atoms with van der Waals surface area (Å²) >= 11 is 0. The fourth-order valence-corrected chi connectivity index (χ4v) is 2.15. The van der Waals surface area contributed by atoms with E-state index < -0.39 is 5.97 Å². The van der Waals surface area contributed by atoms with Crippen molar-refractivity contribution in [2.75, 3.05) is 18.2 Å². The third-order valence-electron chi connectivity index (χ3n) is 3.33. The minimum Gasteiger partial charge on any atom is -0.465 e. The number of carbonyl (C=O) groups excluding carboxylic acids is 1. The van der Waals surface area contributed by atoms with Crippen molar-refractivity contribution in [1.29, 1.82) is 0 Å². The molecule has 0 fully saturated rings. The van der Waals surface area contributed by atoms with Gasteiger partial charge in [0.05, 0.1) is 24.0 Å². The fraction of sp³-hybridized carbons (Fsp3) is 0.562. The summed E-state index contributed by atoms with van der Waals surface area (Å²) < 4.78 is 4.72. The predicted molar refractivity (Wildman–Crippen MR) is 84.0 cm³/mol. The van der Waals surface area contributed by atoms with Crippen LogP contribution in [-0.4, -0.2) is 19.1 Å². The molecule has 20 heavy (non-hydrogen) atoms. The minimum atomic E-state index is -0.404. The van der Waals surface area contributed by atoms with E-state index in [1.165, 1.54) is 20.0 Å². The quantitative estimate of drug-likeness (QED) is 0.590. The van der Waals surface area contributed by atoms with Gasteiger partial charge in [-0.15, -0.1) is 0 Å². The van der Waals surface area contributed by atoms with Crippen LogP contribution in [-0.2, 0) is 4.74 Å². The van der Waals surface area contributed by atoms with E-state index in [2.05, 4.69) is 26.1 Å². The van der Waals surface area contributed by atoms with Gasteiger partial charge in [0.1, 0.15) is 0 Å². The van der Waals surface area contributed by atoms with Gasteiger partial charge < -0.3 is 15.8 Å². The molecule has 0 saturated carbocycles. The van der Waals surface area contributed by atoms with Crippen molar-refractivity contribution in [3.63, 3.8) is 0 Å². The molecule has 0 aromatic heterocycles. The zero-order chi connectivity index (χ0) is 15.1. The van der Waals surface area contributed by atoms with Gasteiger partial charge in [0, 0.05) is 6.04 Å². The third kappa shape index (κ3) is 4.76. The third-order valence-corrected chi connectivity index (χ3v) is 3.33. The Kier molecular flexibility index (Phi) is 6.36. The molecule has 4 heteroatoms. The van der Waals surface area contributed by atoms with Gasteiger partial charge in [-0.05, 0) is 31.4 Å². The van der Waals surface area contributed by atoms with E-state index in [0.717, 1.165) is 18.0 Å². The van der Waals surface area contributed by atoms with E-state index in [-0.39, 0.29) is 0 Å². The van der Waals surface area contributed by atoms with Crippen LogP contribution in [0.5, 0.6) is 0 Å². The number of hydrogen-bond donors (Lipinski definition) is 2. The van der Waals surface area contributed by atoms with Gasteiger partial charge in [-0.1, -0.05) is 32.8 Å². The lowest BCUT2D eigenvalue weighted by Crippen LogP contribution is -2.17. The number of rotatable bonds is 7. The topological polar surface area (TPSA) is 64.3 Å². The highest BCUT2D eigenvalue weighted by Crippen LogP contribution is 2.25. The Balaban J connectivity index is 2.65. The molecule has 0 spiro atoms. The van der Waals surface area contributed by atoms with Crippen LogP contribution >= 0.6 is 0 Å². The van der Waals surface area contributed by atoms with Crippen molar-refractivity contribution >= 4 is 17.3 Å². The van der Waals surface area contributed by atoms with Crippen LogP contribution in [0, 0.1) is 5.92 Å². The molecule has 1 unspecified atom stereocenters. The van der Waals surface area contributed by atoms with Crippen molar-refractivity contribution in [2.45, 2.75) is 46.1 Å². The number of nitrogens with one attached hydrogen (secondary N) is 1. The molecule has 1 atom stereocenters. The number of ether oxygens (including phenoxy) is 1. The van der Waals surface area contributed by atoms with Gasteiger partial charge in [-0.25, -0.2) is 4.79 Å². The van der Waals surface area contributed by atoms with Crippen LogP contribution in [0.15, 0.2) is 18.2 Å².